The van der Waals surface area contributed by atoms with Crippen LogP contribution in [0, 0.1) is 28.6 Å². The van der Waals surface area contributed by atoms with Crippen LogP contribution in [-0.2, 0) is 9.47 Å². The Balaban J connectivity index is 2.17. The number of rotatable bonds is 3. The first-order valence-electron chi connectivity index (χ1n) is 7.41. The number of ether oxygens (including phenoxy) is 2. The highest BCUT2D eigenvalue weighted by Gasteiger charge is 2.41. The minimum atomic E-state index is -0.599. The Morgan fingerprint density at radius 1 is 1.35 bits per heavy atom. The molecule has 0 spiro atoms. The van der Waals surface area contributed by atoms with E-state index in [0.717, 1.165) is 12.8 Å². The summed E-state index contributed by atoms with van der Waals surface area (Å²) in [4.78, 5) is 0. The van der Waals surface area contributed by atoms with Gasteiger partial charge >= 0.3 is 0 Å². The van der Waals surface area contributed by atoms with Gasteiger partial charge in [0.2, 0.25) is 0 Å². The Kier molecular flexibility index (Phi) is 4.36. The van der Waals surface area contributed by atoms with Crippen LogP contribution in [-0.4, -0.2) is 19.0 Å². The predicted octanol–water partition coefficient (Wildman–Crippen LogP) is 3.83. The third kappa shape index (κ3) is 2.97. The summed E-state index contributed by atoms with van der Waals surface area (Å²) in [6.07, 6.45) is 6.88. The Hall–Kier alpha value is -1.11. The fourth-order valence-corrected chi connectivity index (χ4v) is 3.42. The Morgan fingerprint density at radius 2 is 2.00 bits per heavy atom. The molecule has 0 amide bonds. The quantitative estimate of drug-likeness (QED) is 0.735. The van der Waals surface area contributed by atoms with E-state index in [-0.39, 0.29) is 11.3 Å². The highest BCUT2D eigenvalue weighted by molar-refractivity contribution is 5.20. The Bertz CT molecular complexity index is 438. The lowest BCUT2D eigenvalue weighted by molar-refractivity contribution is -0.100. The molecule has 1 saturated heterocycles. The van der Waals surface area contributed by atoms with Gasteiger partial charge in [0.15, 0.2) is 5.79 Å². The summed E-state index contributed by atoms with van der Waals surface area (Å²) < 4.78 is 11.2. The minimum Gasteiger partial charge on any atom is -0.344 e. The van der Waals surface area contributed by atoms with E-state index in [2.05, 4.69) is 32.6 Å². The van der Waals surface area contributed by atoms with Crippen LogP contribution in [0.25, 0.3) is 0 Å². The molecule has 20 heavy (non-hydrogen) atoms. The zero-order valence-corrected chi connectivity index (χ0v) is 12.8. The standard InChI is InChI=1S/C17H25NO2/c1-13-5-6-14(8-10-18)16(2,3)15(13)7-9-17(4)19-11-12-20-17/h7,9,14-15H,1,5-6,8,11-12H2,2-4H3/b9-7+/t14-,15+/m1/s1. The fourth-order valence-electron chi connectivity index (χ4n) is 3.42. The van der Waals surface area contributed by atoms with E-state index in [1.165, 1.54) is 5.57 Å². The van der Waals surface area contributed by atoms with Crippen LogP contribution < -0.4 is 0 Å². The van der Waals surface area contributed by atoms with E-state index in [1.54, 1.807) is 0 Å². The number of nitrogens with zero attached hydrogens (tertiary/aromatic N) is 1. The van der Waals surface area contributed by atoms with Crippen LogP contribution in [0.1, 0.15) is 40.0 Å². The third-order valence-corrected chi connectivity index (χ3v) is 4.90. The molecule has 3 heteroatoms. The zero-order chi connectivity index (χ0) is 14.8. The summed E-state index contributed by atoms with van der Waals surface area (Å²) in [5, 5.41) is 9.02. The van der Waals surface area contributed by atoms with Crippen molar-refractivity contribution < 1.29 is 9.47 Å². The summed E-state index contributed by atoms with van der Waals surface area (Å²) in [7, 11) is 0. The van der Waals surface area contributed by atoms with Gasteiger partial charge in [0, 0.05) is 12.3 Å². The average Bonchev–Trinajstić information content (AvgIpc) is 2.80. The van der Waals surface area contributed by atoms with Crippen molar-refractivity contribution in [1.82, 2.24) is 0 Å². The van der Waals surface area contributed by atoms with E-state index in [4.69, 9.17) is 14.7 Å². The largest absolute Gasteiger partial charge is 0.344 e. The van der Waals surface area contributed by atoms with Crippen LogP contribution in [0.4, 0.5) is 0 Å². The van der Waals surface area contributed by atoms with E-state index in [0.29, 0.717) is 25.6 Å². The molecule has 0 aromatic carbocycles. The van der Waals surface area contributed by atoms with Crippen molar-refractivity contribution >= 4 is 0 Å². The second-order valence-corrected chi connectivity index (χ2v) is 6.63. The van der Waals surface area contributed by atoms with E-state index in [1.807, 2.05) is 13.0 Å². The van der Waals surface area contributed by atoms with Crippen LogP contribution in [0.15, 0.2) is 24.3 Å². The molecular weight excluding hydrogens is 250 g/mol. The van der Waals surface area contributed by atoms with E-state index >= 15 is 0 Å². The molecule has 0 unspecified atom stereocenters. The number of nitriles is 1. The SMILES string of the molecule is C=C1CC[C@H](CC#N)C(C)(C)[C@H]1/C=C/C1(C)OCCO1. The lowest BCUT2D eigenvalue weighted by Crippen LogP contribution is -2.37. The molecule has 1 heterocycles. The summed E-state index contributed by atoms with van der Waals surface area (Å²) in [5.41, 5.74) is 1.30. The molecule has 2 rings (SSSR count). The van der Waals surface area contributed by atoms with Crippen molar-refractivity contribution in [2.24, 2.45) is 17.3 Å². The molecular formula is C17H25NO2. The zero-order valence-electron chi connectivity index (χ0n) is 12.8. The van der Waals surface area contributed by atoms with Gasteiger partial charge in [0.25, 0.3) is 0 Å². The van der Waals surface area contributed by atoms with Gasteiger partial charge in [-0.15, -0.1) is 0 Å². The lowest BCUT2D eigenvalue weighted by atomic mass is 9.60. The summed E-state index contributed by atoms with van der Waals surface area (Å²) >= 11 is 0. The highest BCUT2D eigenvalue weighted by atomic mass is 16.7. The van der Waals surface area contributed by atoms with Gasteiger partial charge in [-0.2, -0.15) is 5.26 Å². The molecule has 1 aliphatic carbocycles. The minimum absolute atomic E-state index is 0.0521. The molecule has 0 aromatic heterocycles. The van der Waals surface area contributed by atoms with Gasteiger partial charge in [-0.05, 0) is 37.2 Å². The maximum Gasteiger partial charge on any atom is 0.185 e. The fraction of sp³-hybridized carbons (Fsp3) is 0.706. The Morgan fingerprint density at radius 3 is 2.60 bits per heavy atom. The van der Waals surface area contributed by atoms with Gasteiger partial charge in [0.05, 0.1) is 19.3 Å². The molecule has 2 fully saturated rings. The second kappa shape index (κ2) is 5.71. The molecule has 0 aromatic rings. The maximum absolute atomic E-state index is 9.02. The molecule has 0 N–H and O–H groups in total. The molecule has 2 atom stereocenters. The average molecular weight is 275 g/mol. The smallest absolute Gasteiger partial charge is 0.185 e. The van der Waals surface area contributed by atoms with Crippen molar-refractivity contribution in [2.75, 3.05) is 13.2 Å². The molecule has 3 nitrogen and oxygen atoms in total. The van der Waals surface area contributed by atoms with Crippen molar-refractivity contribution in [1.29, 1.82) is 5.26 Å². The highest BCUT2D eigenvalue weighted by Crippen LogP contribution is 2.49. The number of hydrogen-bond donors (Lipinski definition) is 0. The van der Waals surface area contributed by atoms with Gasteiger partial charge in [-0.25, -0.2) is 0 Å². The molecule has 0 radical (unpaired) electrons. The molecule has 2 aliphatic rings. The Labute approximate surface area is 122 Å². The summed E-state index contributed by atoms with van der Waals surface area (Å²) in [6, 6.07) is 2.33. The van der Waals surface area contributed by atoms with Crippen molar-refractivity contribution in [2.45, 2.75) is 45.8 Å². The van der Waals surface area contributed by atoms with Gasteiger partial charge in [-0.1, -0.05) is 32.1 Å². The summed E-state index contributed by atoms with van der Waals surface area (Å²) in [5.74, 6) is 0.100. The number of hydrogen-bond acceptors (Lipinski definition) is 3. The molecule has 110 valence electrons. The molecule has 1 saturated carbocycles. The lowest BCUT2D eigenvalue weighted by Gasteiger charge is -2.45. The van der Waals surface area contributed by atoms with Crippen LogP contribution in [0.3, 0.4) is 0 Å². The van der Waals surface area contributed by atoms with Crippen molar-refractivity contribution in [3.05, 3.63) is 24.3 Å². The van der Waals surface area contributed by atoms with Crippen LogP contribution in [0.5, 0.6) is 0 Å². The normalized spacial score (nSPS) is 32.4. The molecule has 1 aliphatic heterocycles. The van der Waals surface area contributed by atoms with Gasteiger partial charge < -0.3 is 9.47 Å². The topological polar surface area (TPSA) is 42.2 Å². The predicted molar refractivity (Wildman–Crippen MR) is 78.8 cm³/mol. The second-order valence-electron chi connectivity index (χ2n) is 6.63. The van der Waals surface area contributed by atoms with Crippen LogP contribution >= 0.6 is 0 Å². The summed E-state index contributed by atoms with van der Waals surface area (Å²) in [6.45, 7) is 12.0. The first-order valence-corrected chi connectivity index (χ1v) is 7.41. The monoisotopic (exact) mass is 275 g/mol. The van der Waals surface area contributed by atoms with Crippen LogP contribution in [0.2, 0.25) is 0 Å². The first kappa shape index (κ1) is 15.3. The van der Waals surface area contributed by atoms with Gasteiger partial charge in [-0.3, -0.25) is 0 Å². The van der Waals surface area contributed by atoms with E-state index < -0.39 is 5.79 Å². The van der Waals surface area contributed by atoms with Crippen molar-refractivity contribution in [3.63, 3.8) is 0 Å². The first-order chi connectivity index (χ1) is 9.39. The van der Waals surface area contributed by atoms with Gasteiger partial charge in [0.1, 0.15) is 0 Å². The maximum atomic E-state index is 9.02. The van der Waals surface area contributed by atoms with E-state index in [9.17, 15) is 0 Å². The third-order valence-electron chi connectivity index (χ3n) is 4.90. The molecule has 0 bridgehead atoms. The number of allylic oxidation sites excluding steroid dienone is 2. The van der Waals surface area contributed by atoms with Crippen molar-refractivity contribution in [3.8, 4) is 6.07 Å².